The van der Waals surface area contributed by atoms with Crippen LogP contribution in [-0.4, -0.2) is 23.2 Å². The van der Waals surface area contributed by atoms with Gasteiger partial charge in [0, 0.05) is 0 Å². The van der Waals surface area contributed by atoms with Gasteiger partial charge in [0.15, 0.2) is 5.75 Å². The summed E-state index contributed by atoms with van der Waals surface area (Å²) in [5.74, 6) is 1.02. The van der Waals surface area contributed by atoms with Crippen LogP contribution < -0.4 is 9.47 Å². The van der Waals surface area contributed by atoms with E-state index in [1.807, 2.05) is 11.4 Å². The number of hydrogen-bond acceptors (Lipinski definition) is 5. The number of benzene rings is 1. The lowest BCUT2D eigenvalue weighted by Gasteiger charge is -2.10. The maximum absolute atomic E-state index is 6.02. The number of nitrogens with zero attached hydrogens (tertiary/aromatic N) is 2. The predicted octanol–water partition coefficient (Wildman–Crippen LogP) is 4.46. The minimum atomic E-state index is 0.319. The molecule has 2 heterocycles. The first kappa shape index (κ1) is 14.4. The Hall–Kier alpha value is -1.56. The molecule has 0 aliphatic heterocycles. The van der Waals surface area contributed by atoms with Crippen LogP contribution >= 0.6 is 34.5 Å². The van der Waals surface area contributed by atoms with Crippen LogP contribution in [0.1, 0.15) is 0 Å². The van der Waals surface area contributed by atoms with Gasteiger partial charge in [-0.05, 0) is 23.6 Å². The maximum atomic E-state index is 6.02. The van der Waals surface area contributed by atoms with E-state index in [4.69, 9.17) is 32.7 Å². The lowest BCUT2D eigenvalue weighted by atomic mass is 10.3. The van der Waals surface area contributed by atoms with E-state index in [1.54, 1.807) is 29.5 Å². The molecule has 4 nitrogen and oxygen atoms in total. The van der Waals surface area contributed by atoms with Crippen molar-refractivity contribution in [2.24, 2.45) is 0 Å². The average molecular weight is 341 g/mol. The monoisotopic (exact) mass is 340 g/mol. The van der Waals surface area contributed by atoms with Crippen molar-refractivity contribution in [3.8, 4) is 11.6 Å². The van der Waals surface area contributed by atoms with Gasteiger partial charge in [0.25, 0.3) is 0 Å². The number of rotatable bonds is 5. The fourth-order valence-electron chi connectivity index (χ4n) is 1.78. The van der Waals surface area contributed by atoms with Crippen molar-refractivity contribution < 1.29 is 9.47 Å². The van der Waals surface area contributed by atoms with Gasteiger partial charge in [0.2, 0.25) is 5.88 Å². The Morgan fingerprint density at radius 2 is 1.76 bits per heavy atom. The lowest BCUT2D eigenvalue weighted by Crippen LogP contribution is -2.10. The highest BCUT2D eigenvalue weighted by molar-refractivity contribution is 7.16. The van der Waals surface area contributed by atoms with Gasteiger partial charge in [0.05, 0.1) is 15.4 Å². The second kappa shape index (κ2) is 6.47. The van der Waals surface area contributed by atoms with Crippen molar-refractivity contribution in [3.63, 3.8) is 0 Å². The molecular weight excluding hydrogens is 331 g/mol. The predicted molar refractivity (Wildman–Crippen MR) is 84.9 cm³/mol. The van der Waals surface area contributed by atoms with Gasteiger partial charge in [-0.15, -0.1) is 11.3 Å². The summed E-state index contributed by atoms with van der Waals surface area (Å²) < 4.78 is 11.2. The van der Waals surface area contributed by atoms with Crippen molar-refractivity contribution in [1.29, 1.82) is 0 Å². The molecule has 0 aliphatic rings. The fraction of sp³-hybridized carbons (Fsp3) is 0.143. The van der Waals surface area contributed by atoms with E-state index in [0.29, 0.717) is 34.9 Å². The largest absolute Gasteiger partial charge is 0.487 e. The molecule has 21 heavy (non-hydrogen) atoms. The highest BCUT2D eigenvalue weighted by Crippen LogP contribution is 2.32. The van der Waals surface area contributed by atoms with Crippen LogP contribution in [-0.2, 0) is 0 Å². The molecule has 0 amide bonds. The third-order valence-electron chi connectivity index (χ3n) is 2.71. The van der Waals surface area contributed by atoms with Crippen LogP contribution in [0.3, 0.4) is 0 Å². The SMILES string of the molecule is Clc1cccc(Cl)c1OCCOc1ncnc2sccc12. The first-order valence-electron chi connectivity index (χ1n) is 6.13. The fourth-order valence-corrected chi connectivity index (χ4v) is 3.01. The number of halogens is 2. The standard InChI is InChI=1S/C14H10Cl2N2O2S/c15-10-2-1-3-11(16)12(10)19-5-6-20-13-9-4-7-21-14(9)18-8-17-13/h1-4,7-8H,5-6H2. The molecule has 0 bridgehead atoms. The van der Waals surface area contributed by atoms with Gasteiger partial charge >= 0.3 is 0 Å². The summed E-state index contributed by atoms with van der Waals surface area (Å²) in [5, 5.41) is 3.81. The Balaban J connectivity index is 1.61. The average Bonchev–Trinajstić information content (AvgIpc) is 2.95. The molecule has 3 aromatic rings. The molecule has 0 aliphatic carbocycles. The number of fused-ring (bicyclic) bond motifs is 1. The first-order valence-corrected chi connectivity index (χ1v) is 7.77. The molecule has 0 radical (unpaired) electrons. The van der Waals surface area contributed by atoms with Crippen LogP contribution in [0, 0.1) is 0 Å². The zero-order chi connectivity index (χ0) is 14.7. The van der Waals surface area contributed by atoms with Gasteiger partial charge < -0.3 is 9.47 Å². The summed E-state index contributed by atoms with van der Waals surface area (Å²) in [7, 11) is 0. The van der Waals surface area contributed by atoms with Gasteiger partial charge in [-0.2, -0.15) is 0 Å². The summed E-state index contributed by atoms with van der Waals surface area (Å²) >= 11 is 13.6. The Labute approximate surface area is 135 Å². The maximum Gasteiger partial charge on any atom is 0.225 e. The number of para-hydroxylation sites is 1. The third kappa shape index (κ3) is 3.20. The summed E-state index contributed by atoms with van der Waals surface area (Å²) in [4.78, 5) is 9.18. The Bertz CT molecular complexity index is 743. The van der Waals surface area contributed by atoms with E-state index in [2.05, 4.69) is 9.97 Å². The molecule has 0 saturated heterocycles. The van der Waals surface area contributed by atoms with E-state index in [1.165, 1.54) is 6.33 Å². The van der Waals surface area contributed by atoms with Crippen molar-refractivity contribution in [2.75, 3.05) is 13.2 Å². The second-order valence-electron chi connectivity index (χ2n) is 4.07. The Morgan fingerprint density at radius 1 is 1.00 bits per heavy atom. The summed E-state index contributed by atoms with van der Waals surface area (Å²) in [6.45, 7) is 0.655. The van der Waals surface area contributed by atoms with Gasteiger partial charge in [0.1, 0.15) is 24.4 Å². The van der Waals surface area contributed by atoms with Crippen molar-refractivity contribution in [3.05, 3.63) is 46.0 Å². The Kier molecular flexibility index (Phi) is 4.43. The molecular formula is C14H10Cl2N2O2S. The molecule has 1 aromatic carbocycles. The minimum absolute atomic E-state index is 0.319. The lowest BCUT2D eigenvalue weighted by molar-refractivity contribution is 0.214. The van der Waals surface area contributed by atoms with Crippen LogP contribution in [0.25, 0.3) is 10.2 Å². The molecule has 0 spiro atoms. The Morgan fingerprint density at radius 3 is 2.57 bits per heavy atom. The van der Waals surface area contributed by atoms with Crippen LogP contribution in [0.4, 0.5) is 0 Å². The molecule has 0 N–H and O–H groups in total. The van der Waals surface area contributed by atoms with Gasteiger partial charge in [-0.25, -0.2) is 9.97 Å². The zero-order valence-corrected chi connectivity index (χ0v) is 13.1. The van der Waals surface area contributed by atoms with Crippen LogP contribution in [0.2, 0.25) is 10.0 Å². The smallest absolute Gasteiger partial charge is 0.225 e. The molecule has 0 unspecified atom stereocenters. The minimum Gasteiger partial charge on any atom is -0.487 e. The molecule has 2 aromatic heterocycles. The topological polar surface area (TPSA) is 44.2 Å². The van der Waals surface area contributed by atoms with E-state index in [9.17, 15) is 0 Å². The second-order valence-corrected chi connectivity index (χ2v) is 5.77. The summed E-state index contributed by atoms with van der Waals surface area (Å²) in [6, 6.07) is 7.15. The van der Waals surface area contributed by atoms with Crippen molar-refractivity contribution in [2.45, 2.75) is 0 Å². The quantitative estimate of drug-likeness (QED) is 0.643. The highest BCUT2D eigenvalue weighted by atomic mass is 35.5. The van der Waals surface area contributed by atoms with Crippen molar-refractivity contribution in [1.82, 2.24) is 9.97 Å². The van der Waals surface area contributed by atoms with Crippen LogP contribution in [0.15, 0.2) is 36.0 Å². The molecule has 3 rings (SSSR count). The van der Waals surface area contributed by atoms with Gasteiger partial charge in [-0.3, -0.25) is 0 Å². The molecule has 0 atom stereocenters. The molecule has 7 heteroatoms. The number of ether oxygens (including phenoxy) is 2. The molecule has 108 valence electrons. The number of hydrogen-bond donors (Lipinski definition) is 0. The van der Waals surface area contributed by atoms with E-state index >= 15 is 0 Å². The van der Waals surface area contributed by atoms with Crippen LogP contribution in [0.5, 0.6) is 11.6 Å². The normalized spacial score (nSPS) is 10.8. The molecule has 0 saturated carbocycles. The zero-order valence-electron chi connectivity index (χ0n) is 10.8. The number of aromatic nitrogens is 2. The first-order chi connectivity index (χ1) is 10.3. The van der Waals surface area contributed by atoms with E-state index in [0.717, 1.165) is 10.2 Å². The number of thiophene rings is 1. The van der Waals surface area contributed by atoms with Gasteiger partial charge in [-0.1, -0.05) is 29.3 Å². The van der Waals surface area contributed by atoms with E-state index < -0.39 is 0 Å². The highest BCUT2D eigenvalue weighted by Gasteiger charge is 2.08. The third-order valence-corrected chi connectivity index (χ3v) is 4.13. The summed E-state index contributed by atoms with van der Waals surface area (Å²) in [5.41, 5.74) is 0. The van der Waals surface area contributed by atoms with Crippen molar-refractivity contribution >= 4 is 44.8 Å². The van der Waals surface area contributed by atoms with E-state index in [-0.39, 0.29) is 0 Å². The summed E-state index contributed by atoms with van der Waals surface area (Å²) in [6.07, 6.45) is 1.49. The molecule has 0 fully saturated rings.